The summed E-state index contributed by atoms with van der Waals surface area (Å²) in [6.07, 6.45) is -1.14. The molecule has 1 aliphatic heterocycles. The van der Waals surface area contributed by atoms with Gasteiger partial charge < -0.3 is 24.4 Å². The summed E-state index contributed by atoms with van der Waals surface area (Å²) in [4.78, 5) is 34.0. The monoisotopic (exact) mass is 510 g/mol. The Bertz CT molecular complexity index is 1110. The number of benzene rings is 3. The molecule has 4 rings (SSSR count). The van der Waals surface area contributed by atoms with Crippen molar-refractivity contribution >= 4 is 29.9 Å². The van der Waals surface area contributed by atoms with Crippen molar-refractivity contribution in [1.82, 2.24) is 0 Å². The molecule has 3 atom stereocenters. The minimum atomic E-state index is -0.880. The molecule has 188 valence electrons. The third kappa shape index (κ3) is 8.75. The summed E-state index contributed by atoms with van der Waals surface area (Å²) in [6.45, 7) is 0.238. The Kier molecular flexibility index (Phi) is 10.3. The number of carbonyl (C=O) groups excluding carboxylic acids is 2. The Morgan fingerprint density at radius 2 is 1.36 bits per heavy atom. The van der Waals surface area contributed by atoms with Crippen molar-refractivity contribution in [3.05, 3.63) is 108 Å². The molecule has 0 aromatic heterocycles. The zero-order valence-electron chi connectivity index (χ0n) is 19.3. The molecule has 0 spiro atoms. The topological polar surface area (TPSA) is 119 Å². The van der Waals surface area contributed by atoms with Gasteiger partial charge in [0.1, 0.15) is 24.8 Å². The molecule has 1 aliphatic rings. The van der Waals surface area contributed by atoms with E-state index in [2.05, 4.69) is 0 Å². The molecule has 1 saturated heterocycles. The molecule has 3 aromatic carbocycles. The van der Waals surface area contributed by atoms with E-state index in [1.165, 1.54) is 11.8 Å². The standard InChI is InChI=1S/C20H20O6S.C7H6O2/c21-18(15-9-5-2-6-10-15)24-13-16-11-17(19(22)27-16)26-20(23)25-12-14-7-3-1-4-8-14;8-7(9)6-4-2-1-3-5-6/h1-10,16-17,19,22H,11-13H2;1-5H,(H,8,9)/t16-,17-,19?;/m0./s1. The molecule has 0 saturated carbocycles. The molecule has 0 radical (unpaired) electrons. The van der Waals surface area contributed by atoms with E-state index in [0.717, 1.165) is 5.56 Å². The summed E-state index contributed by atoms with van der Waals surface area (Å²) in [6, 6.07) is 26.2. The van der Waals surface area contributed by atoms with Crippen LogP contribution in [-0.2, 0) is 20.8 Å². The summed E-state index contributed by atoms with van der Waals surface area (Å²) < 4.78 is 15.5. The first-order valence-electron chi connectivity index (χ1n) is 11.1. The van der Waals surface area contributed by atoms with E-state index in [9.17, 15) is 19.5 Å². The van der Waals surface area contributed by atoms with Crippen LogP contribution in [0.4, 0.5) is 4.79 Å². The number of esters is 1. The lowest BCUT2D eigenvalue weighted by Gasteiger charge is -2.14. The predicted octanol–water partition coefficient (Wildman–Crippen LogP) is 4.77. The Balaban J connectivity index is 0.000000338. The van der Waals surface area contributed by atoms with Crippen molar-refractivity contribution in [3.63, 3.8) is 0 Å². The van der Waals surface area contributed by atoms with Crippen molar-refractivity contribution in [2.45, 2.75) is 29.8 Å². The summed E-state index contributed by atoms with van der Waals surface area (Å²) in [7, 11) is 0. The first-order valence-corrected chi connectivity index (χ1v) is 12.1. The third-order valence-corrected chi connectivity index (χ3v) is 6.32. The van der Waals surface area contributed by atoms with Crippen molar-refractivity contribution < 1.29 is 38.8 Å². The van der Waals surface area contributed by atoms with Gasteiger partial charge in [-0.1, -0.05) is 66.7 Å². The molecule has 3 aromatic rings. The number of aromatic carboxylic acids is 1. The Hall–Kier alpha value is -3.82. The van der Waals surface area contributed by atoms with Crippen LogP contribution in [0.25, 0.3) is 0 Å². The maximum absolute atomic E-state index is 12.0. The largest absolute Gasteiger partial charge is 0.509 e. The van der Waals surface area contributed by atoms with Crippen LogP contribution < -0.4 is 0 Å². The maximum Gasteiger partial charge on any atom is 0.509 e. The Morgan fingerprint density at radius 3 is 1.92 bits per heavy atom. The van der Waals surface area contributed by atoms with Gasteiger partial charge in [0.2, 0.25) is 0 Å². The van der Waals surface area contributed by atoms with Gasteiger partial charge in [-0.3, -0.25) is 0 Å². The minimum absolute atomic E-state index is 0.105. The van der Waals surface area contributed by atoms with Crippen molar-refractivity contribution in [2.75, 3.05) is 6.61 Å². The predicted molar refractivity (Wildman–Crippen MR) is 134 cm³/mol. The fourth-order valence-electron chi connectivity index (χ4n) is 3.21. The number of hydrogen-bond acceptors (Lipinski definition) is 8. The third-order valence-electron chi connectivity index (χ3n) is 5.02. The number of hydrogen-bond donors (Lipinski definition) is 2. The average Bonchev–Trinajstić information content (AvgIpc) is 3.26. The molecule has 9 heteroatoms. The lowest BCUT2D eigenvalue weighted by Crippen LogP contribution is -2.25. The average molecular weight is 511 g/mol. The highest BCUT2D eigenvalue weighted by atomic mass is 32.2. The van der Waals surface area contributed by atoms with Gasteiger partial charge >= 0.3 is 18.1 Å². The quantitative estimate of drug-likeness (QED) is 0.433. The van der Waals surface area contributed by atoms with E-state index in [-0.39, 0.29) is 18.5 Å². The van der Waals surface area contributed by atoms with E-state index < -0.39 is 29.6 Å². The number of rotatable bonds is 7. The highest BCUT2D eigenvalue weighted by Gasteiger charge is 2.37. The Morgan fingerprint density at radius 1 is 0.806 bits per heavy atom. The fourth-order valence-corrected chi connectivity index (χ4v) is 4.39. The van der Waals surface area contributed by atoms with Crippen LogP contribution in [0.1, 0.15) is 32.7 Å². The Labute approximate surface area is 212 Å². The van der Waals surface area contributed by atoms with E-state index in [4.69, 9.17) is 19.3 Å². The van der Waals surface area contributed by atoms with E-state index in [1.54, 1.807) is 54.6 Å². The molecular weight excluding hydrogens is 484 g/mol. The second kappa shape index (κ2) is 13.9. The molecule has 0 aliphatic carbocycles. The smallest absolute Gasteiger partial charge is 0.478 e. The van der Waals surface area contributed by atoms with Crippen LogP contribution in [0.15, 0.2) is 91.0 Å². The normalized spacial score (nSPS) is 18.3. The maximum atomic E-state index is 12.0. The van der Waals surface area contributed by atoms with Crippen LogP contribution >= 0.6 is 11.8 Å². The number of aliphatic hydroxyl groups excluding tert-OH is 1. The molecule has 36 heavy (non-hydrogen) atoms. The second-order valence-electron chi connectivity index (χ2n) is 7.70. The fraction of sp³-hybridized carbons (Fsp3) is 0.222. The molecule has 0 amide bonds. The van der Waals surface area contributed by atoms with E-state index >= 15 is 0 Å². The van der Waals surface area contributed by atoms with Crippen molar-refractivity contribution in [2.24, 2.45) is 0 Å². The van der Waals surface area contributed by atoms with Gasteiger partial charge in [0, 0.05) is 11.7 Å². The van der Waals surface area contributed by atoms with Crippen molar-refractivity contribution in [1.29, 1.82) is 0 Å². The van der Waals surface area contributed by atoms with Gasteiger partial charge in [-0.2, -0.15) is 0 Å². The van der Waals surface area contributed by atoms with Crippen LogP contribution in [0.3, 0.4) is 0 Å². The van der Waals surface area contributed by atoms with Gasteiger partial charge in [0.15, 0.2) is 0 Å². The lowest BCUT2D eigenvalue weighted by molar-refractivity contribution is -0.00873. The minimum Gasteiger partial charge on any atom is -0.478 e. The number of carboxylic acids is 1. The number of aliphatic hydroxyl groups is 1. The zero-order chi connectivity index (χ0) is 25.8. The summed E-state index contributed by atoms with van der Waals surface area (Å²) in [5.74, 6) is -1.30. The summed E-state index contributed by atoms with van der Waals surface area (Å²) in [5.41, 5.74) is 0.770. The van der Waals surface area contributed by atoms with Crippen molar-refractivity contribution in [3.8, 4) is 0 Å². The van der Waals surface area contributed by atoms with Crippen LogP contribution in [-0.4, -0.2) is 51.7 Å². The van der Waals surface area contributed by atoms with Crippen LogP contribution in [0, 0.1) is 0 Å². The van der Waals surface area contributed by atoms with Crippen LogP contribution in [0.5, 0.6) is 0 Å². The highest BCUT2D eigenvalue weighted by molar-refractivity contribution is 8.00. The number of carboxylic acid groups (broad SMARTS) is 1. The van der Waals surface area contributed by atoms with Crippen LogP contribution in [0.2, 0.25) is 0 Å². The molecule has 8 nitrogen and oxygen atoms in total. The van der Waals surface area contributed by atoms with Gasteiger partial charge in [0.05, 0.1) is 11.1 Å². The number of carbonyl (C=O) groups is 3. The molecular formula is C27H26O8S. The zero-order valence-corrected chi connectivity index (χ0v) is 20.1. The summed E-state index contributed by atoms with van der Waals surface area (Å²) >= 11 is 1.21. The lowest BCUT2D eigenvalue weighted by atomic mass is 10.2. The molecule has 1 unspecified atom stereocenters. The molecule has 1 fully saturated rings. The van der Waals surface area contributed by atoms with E-state index in [0.29, 0.717) is 17.5 Å². The SMILES string of the molecule is O=C(O)c1ccccc1.O=C(OCc1ccccc1)O[C@H]1C[C@@H](COC(=O)c2ccccc2)SC1O. The first kappa shape index (κ1) is 26.8. The van der Waals surface area contributed by atoms with Gasteiger partial charge in [0.25, 0.3) is 0 Å². The van der Waals surface area contributed by atoms with Gasteiger partial charge in [-0.05, 0) is 29.8 Å². The number of thioether (sulfide) groups is 1. The summed E-state index contributed by atoms with van der Waals surface area (Å²) in [5, 5.41) is 18.3. The molecule has 0 bridgehead atoms. The van der Waals surface area contributed by atoms with Gasteiger partial charge in [-0.25, -0.2) is 14.4 Å². The molecule has 2 N–H and O–H groups in total. The second-order valence-corrected chi connectivity index (χ2v) is 9.12. The number of ether oxygens (including phenoxy) is 3. The van der Waals surface area contributed by atoms with Gasteiger partial charge in [-0.15, -0.1) is 11.8 Å². The molecule has 1 heterocycles. The van der Waals surface area contributed by atoms with E-state index in [1.807, 2.05) is 36.4 Å². The highest BCUT2D eigenvalue weighted by Crippen LogP contribution is 2.34. The first-order chi connectivity index (χ1) is 17.4.